The normalized spacial score (nSPS) is 11.7. The second-order valence-corrected chi connectivity index (χ2v) is 4.85. The molecule has 0 unspecified atom stereocenters. The Hall–Kier alpha value is -0.820. The van der Waals surface area contributed by atoms with Crippen LogP contribution in [0.4, 0.5) is 0 Å². The number of benzene rings is 1. The van der Waals surface area contributed by atoms with Crippen LogP contribution in [-0.2, 0) is 6.42 Å². The lowest BCUT2D eigenvalue weighted by Gasteiger charge is -2.21. The molecule has 1 nitrogen and oxygen atoms in total. The van der Waals surface area contributed by atoms with Crippen molar-refractivity contribution in [1.29, 1.82) is 0 Å². The Morgan fingerprint density at radius 2 is 1.71 bits per heavy atom. The SMILES string of the molecule is Cc1ccc(CCC(C)(C)CN)cc1. The second kappa shape index (κ2) is 4.61. The molecule has 78 valence electrons. The van der Waals surface area contributed by atoms with Crippen LogP contribution in [0.1, 0.15) is 31.4 Å². The first-order valence-corrected chi connectivity index (χ1v) is 5.29. The average Bonchev–Trinajstić information content (AvgIpc) is 2.17. The fourth-order valence-corrected chi connectivity index (χ4v) is 1.34. The first-order valence-electron chi connectivity index (χ1n) is 5.29. The fraction of sp³-hybridized carbons (Fsp3) is 0.538. The summed E-state index contributed by atoms with van der Waals surface area (Å²) in [6.45, 7) is 7.33. The summed E-state index contributed by atoms with van der Waals surface area (Å²) in [4.78, 5) is 0. The van der Waals surface area contributed by atoms with Crippen molar-refractivity contribution in [2.75, 3.05) is 6.54 Å². The minimum atomic E-state index is 0.269. The quantitative estimate of drug-likeness (QED) is 0.778. The highest BCUT2D eigenvalue weighted by Crippen LogP contribution is 2.21. The lowest BCUT2D eigenvalue weighted by atomic mass is 9.86. The van der Waals surface area contributed by atoms with E-state index in [0.29, 0.717) is 0 Å². The van der Waals surface area contributed by atoms with Gasteiger partial charge in [0.05, 0.1) is 0 Å². The van der Waals surface area contributed by atoms with E-state index in [1.165, 1.54) is 11.1 Å². The van der Waals surface area contributed by atoms with Crippen molar-refractivity contribution in [3.63, 3.8) is 0 Å². The minimum absolute atomic E-state index is 0.269. The third-order valence-electron chi connectivity index (χ3n) is 2.76. The lowest BCUT2D eigenvalue weighted by molar-refractivity contribution is 0.348. The second-order valence-electron chi connectivity index (χ2n) is 4.85. The summed E-state index contributed by atoms with van der Waals surface area (Å²) < 4.78 is 0. The average molecular weight is 191 g/mol. The van der Waals surface area contributed by atoms with Crippen molar-refractivity contribution in [3.05, 3.63) is 35.4 Å². The van der Waals surface area contributed by atoms with Crippen LogP contribution in [0.15, 0.2) is 24.3 Å². The van der Waals surface area contributed by atoms with Crippen LogP contribution >= 0.6 is 0 Å². The topological polar surface area (TPSA) is 26.0 Å². The number of rotatable bonds is 4. The fourth-order valence-electron chi connectivity index (χ4n) is 1.34. The summed E-state index contributed by atoms with van der Waals surface area (Å²) in [5, 5.41) is 0. The van der Waals surface area contributed by atoms with E-state index >= 15 is 0 Å². The largest absolute Gasteiger partial charge is 0.330 e. The number of hydrogen-bond donors (Lipinski definition) is 1. The molecule has 0 aliphatic carbocycles. The maximum absolute atomic E-state index is 5.69. The predicted octanol–water partition coefficient (Wildman–Crippen LogP) is 2.91. The van der Waals surface area contributed by atoms with Crippen LogP contribution in [-0.4, -0.2) is 6.54 Å². The van der Waals surface area contributed by atoms with Crippen LogP contribution in [0.2, 0.25) is 0 Å². The van der Waals surface area contributed by atoms with Crippen LogP contribution in [0.5, 0.6) is 0 Å². The molecule has 0 fully saturated rings. The number of hydrogen-bond acceptors (Lipinski definition) is 1. The van der Waals surface area contributed by atoms with E-state index in [-0.39, 0.29) is 5.41 Å². The molecule has 14 heavy (non-hydrogen) atoms. The molecule has 1 aromatic rings. The monoisotopic (exact) mass is 191 g/mol. The van der Waals surface area contributed by atoms with Crippen LogP contribution in [0.25, 0.3) is 0 Å². The standard InChI is InChI=1S/C13H21N/c1-11-4-6-12(7-5-11)8-9-13(2,3)10-14/h4-7H,8-10,14H2,1-3H3. The van der Waals surface area contributed by atoms with Crippen molar-refractivity contribution in [2.45, 2.75) is 33.6 Å². The Kier molecular flexibility index (Phi) is 3.70. The zero-order valence-electron chi connectivity index (χ0n) is 9.51. The van der Waals surface area contributed by atoms with Gasteiger partial charge in [-0.15, -0.1) is 0 Å². The molecule has 2 N–H and O–H groups in total. The molecule has 0 spiro atoms. The Morgan fingerprint density at radius 1 is 1.14 bits per heavy atom. The molecular formula is C13H21N. The summed E-state index contributed by atoms with van der Waals surface area (Å²) in [5.74, 6) is 0. The van der Waals surface area contributed by atoms with Gasteiger partial charge in [-0.2, -0.15) is 0 Å². The van der Waals surface area contributed by atoms with E-state index in [0.717, 1.165) is 19.4 Å². The smallest absolute Gasteiger partial charge is 0.00257 e. The van der Waals surface area contributed by atoms with E-state index in [1.54, 1.807) is 0 Å². The van der Waals surface area contributed by atoms with Crippen LogP contribution in [0, 0.1) is 12.3 Å². The molecule has 0 aromatic heterocycles. The molecule has 0 amide bonds. The molecule has 0 radical (unpaired) electrons. The zero-order chi connectivity index (χ0) is 10.6. The van der Waals surface area contributed by atoms with Crippen molar-refractivity contribution < 1.29 is 0 Å². The summed E-state index contributed by atoms with van der Waals surface area (Å²) >= 11 is 0. The molecule has 0 aliphatic rings. The first-order chi connectivity index (χ1) is 6.53. The van der Waals surface area contributed by atoms with E-state index in [9.17, 15) is 0 Å². The van der Waals surface area contributed by atoms with Gasteiger partial charge in [0.1, 0.15) is 0 Å². The summed E-state index contributed by atoms with van der Waals surface area (Å²) in [5.41, 5.74) is 8.70. The summed E-state index contributed by atoms with van der Waals surface area (Å²) in [6, 6.07) is 8.76. The van der Waals surface area contributed by atoms with Crippen LogP contribution < -0.4 is 5.73 Å². The molecule has 1 rings (SSSR count). The van der Waals surface area contributed by atoms with E-state index in [1.807, 2.05) is 0 Å². The van der Waals surface area contributed by atoms with Gasteiger partial charge in [0, 0.05) is 0 Å². The van der Waals surface area contributed by atoms with E-state index < -0.39 is 0 Å². The zero-order valence-corrected chi connectivity index (χ0v) is 9.51. The molecule has 0 aliphatic heterocycles. The molecule has 0 bridgehead atoms. The molecule has 1 heteroatoms. The Morgan fingerprint density at radius 3 is 2.21 bits per heavy atom. The Labute approximate surface area is 87.3 Å². The highest BCUT2D eigenvalue weighted by atomic mass is 14.6. The highest BCUT2D eigenvalue weighted by molar-refractivity contribution is 5.21. The van der Waals surface area contributed by atoms with Gasteiger partial charge in [-0.1, -0.05) is 43.7 Å². The third kappa shape index (κ3) is 3.51. The van der Waals surface area contributed by atoms with Gasteiger partial charge in [-0.3, -0.25) is 0 Å². The minimum Gasteiger partial charge on any atom is -0.330 e. The van der Waals surface area contributed by atoms with Gasteiger partial charge >= 0.3 is 0 Å². The third-order valence-corrected chi connectivity index (χ3v) is 2.76. The summed E-state index contributed by atoms with van der Waals surface area (Å²) in [6.07, 6.45) is 2.29. The Balaban J connectivity index is 2.50. The molecular weight excluding hydrogens is 170 g/mol. The highest BCUT2D eigenvalue weighted by Gasteiger charge is 2.14. The summed E-state index contributed by atoms with van der Waals surface area (Å²) in [7, 11) is 0. The maximum atomic E-state index is 5.69. The molecule has 1 aromatic carbocycles. The van der Waals surface area contributed by atoms with Gasteiger partial charge in [0.2, 0.25) is 0 Å². The van der Waals surface area contributed by atoms with Crippen molar-refractivity contribution in [2.24, 2.45) is 11.1 Å². The van der Waals surface area contributed by atoms with Gasteiger partial charge in [0.25, 0.3) is 0 Å². The van der Waals surface area contributed by atoms with Gasteiger partial charge in [0.15, 0.2) is 0 Å². The molecule has 0 saturated carbocycles. The molecule has 0 atom stereocenters. The number of aryl methyl sites for hydroxylation is 2. The van der Waals surface area contributed by atoms with E-state index in [4.69, 9.17) is 5.73 Å². The van der Waals surface area contributed by atoms with E-state index in [2.05, 4.69) is 45.0 Å². The first kappa shape index (κ1) is 11.3. The van der Waals surface area contributed by atoms with Crippen molar-refractivity contribution in [3.8, 4) is 0 Å². The Bertz CT molecular complexity index is 272. The predicted molar refractivity (Wildman–Crippen MR) is 62.3 cm³/mol. The van der Waals surface area contributed by atoms with Gasteiger partial charge in [-0.25, -0.2) is 0 Å². The van der Waals surface area contributed by atoms with Crippen molar-refractivity contribution >= 4 is 0 Å². The van der Waals surface area contributed by atoms with Gasteiger partial charge < -0.3 is 5.73 Å². The lowest BCUT2D eigenvalue weighted by Crippen LogP contribution is -2.23. The number of nitrogens with two attached hydrogens (primary N) is 1. The maximum Gasteiger partial charge on any atom is -0.00257 e. The molecule has 0 heterocycles. The molecule has 0 saturated heterocycles. The van der Waals surface area contributed by atoms with Crippen molar-refractivity contribution in [1.82, 2.24) is 0 Å². The van der Waals surface area contributed by atoms with Gasteiger partial charge in [-0.05, 0) is 37.3 Å². The van der Waals surface area contributed by atoms with Crippen LogP contribution in [0.3, 0.4) is 0 Å².